The van der Waals surface area contributed by atoms with E-state index in [1.54, 1.807) is 6.07 Å². The Kier molecular flexibility index (Phi) is 3.75. The van der Waals surface area contributed by atoms with E-state index in [0.29, 0.717) is 17.3 Å². The number of anilines is 1. The summed E-state index contributed by atoms with van der Waals surface area (Å²) in [6.45, 7) is 0.0419. The van der Waals surface area contributed by atoms with Crippen molar-refractivity contribution in [2.24, 2.45) is 5.41 Å². The molecular formula is C12H12BrFN2O3. The van der Waals surface area contributed by atoms with Crippen molar-refractivity contribution in [2.45, 2.75) is 12.8 Å². The van der Waals surface area contributed by atoms with Gasteiger partial charge < -0.3 is 15.7 Å². The molecule has 0 bridgehead atoms. The molecule has 1 aromatic carbocycles. The predicted octanol–water partition coefficient (Wildman–Crippen LogP) is 2.57. The zero-order chi connectivity index (χ0) is 14.0. The Balaban J connectivity index is 1.93. The second-order valence-electron chi connectivity index (χ2n) is 4.49. The van der Waals surface area contributed by atoms with Crippen LogP contribution in [0.1, 0.15) is 12.8 Å². The van der Waals surface area contributed by atoms with Crippen LogP contribution in [0.4, 0.5) is 14.9 Å². The van der Waals surface area contributed by atoms with Gasteiger partial charge in [-0.1, -0.05) is 6.07 Å². The summed E-state index contributed by atoms with van der Waals surface area (Å²) >= 11 is 3.13. The first-order chi connectivity index (χ1) is 8.94. The van der Waals surface area contributed by atoms with Crippen LogP contribution in [-0.4, -0.2) is 23.7 Å². The first-order valence-corrected chi connectivity index (χ1v) is 6.46. The number of rotatable bonds is 4. The van der Waals surface area contributed by atoms with Crippen LogP contribution >= 0.6 is 15.9 Å². The number of amides is 2. The number of hydrogen-bond acceptors (Lipinski definition) is 2. The fourth-order valence-electron chi connectivity index (χ4n) is 1.64. The van der Waals surface area contributed by atoms with E-state index >= 15 is 0 Å². The number of benzene rings is 1. The Bertz CT molecular complexity index is 511. The molecule has 2 rings (SSSR count). The van der Waals surface area contributed by atoms with Crippen molar-refractivity contribution in [3.8, 4) is 0 Å². The number of para-hydroxylation sites is 1. The highest BCUT2D eigenvalue weighted by Gasteiger charge is 2.50. The van der Waals surface area contributed by atoms with E-state index in [1.807, 2.05) is 0 Å². The SMILES string of the molecule is O=C(NCC1(C(=O)O)CC1)Nc1c(F)cccc1Br. The molecule has 1 saturated carbocycles. The first kappa shape index (κ1) is 13.8. The summed E-state index contributed by atoms with van der Waals surface area (Å²) in [5.41, 5.74) is -0.816. The highest BCUT2D eigenvalue weighted by molar-refractivity contribution is 9.10. The van der Waals surface area contributed by atoms with Crippen molar-refractivity contribution < 1.29 is 19.1 Å². The third kappa shape index (κ3) is 3.04. The molecule has 0 atom stereocenters. The number of carboxylic acid groups (broad SMARTS) is 1. The van der Waals surface area contributed by atoms with Gasteiger partial charge in [0.15, 0.2) is 0 Å². The molecule has 5 nitrogen and oxygen atoms in total. The van der Waals surface area contributed by atoms with Crippen LogP contribution in [0.2, 0.25) is 0 Å². The number of carbonyl (C=O) groups excluding carboxylic acids is 1. The normalized spacial score (nSPS) is 15.7. The van der Waals surface area contributed by atoms with Crippen molar-refractivity contribution in [3.05, 3.63) is 28.5 Å². The molecule has 0 spiro atoms. The second-order valence-corrected chi connectivity index (χ2v) is 5.34. The Hall–Kier alpha value is -1.63. The van der Waals surface area contributed by atoms with Crippen LogP contribution in [0, 0.1) is 11.2 Å². The molecule has 1 fully saturated rings. The maximum absolute atomic E-state index is 13.5. The first-order valence-electron chi connectivity index (χ1n) is 5.67. The summed E-state index contributed by atoms with van der Waals surface area (Å²) < 4.78 is 13.9. The van der Waals surface area contributed by atoms with Gasteiger partial charge in [-0.3, -0.25) is 4.79 Å². The van der Waals surface area contributed by atoms with Crippen molar-refractivity contribution >= 4 is 33.6 Å². The van der Waals surface area contributed by atoms with Gasteiger partial charge in [0.2, 0.25) is 0 Å². The number of urea groups is 1. The van der Waals surface area contributed by atoms with Gasteiger partial charge in [-0.2, -0.15) is 0 Å². The molecule has 0 aromatic heterocycles. The molecule has 0 unspecified atom stereocenters. The number of carboxylic acids is 1. The van der Waals surface area contributed by atoms with Gasteiger partial charge in [0.05, 0.1) is 11.1 Å². The summed E-state index contributed by atoms with van der Waals surface area (Å²) in [4.78, 5) is 22.5. The lowest BCUT2D eigenvalue weighted by Crippen LogP contribution is -2.37. The van der Waals surface area contributed by atoms with Crippen LogP contribution in [-0.2, 0) is 4.79 Å². The molecule has 0 saturated heterocycles. The topological polar surface area (TPSA) is 78.4 Å². The van der Waals surface area contributed by atoms with Gasteiger partial charge >= 0.3 is 12.0 Å². The molecule has 1 aliphatic carbocycles. The summed E-state index contributed by atoms with van der Waals surface area (Å²) in [5.74, 6) is -1.48. The van der Waals surface area contributed by atoms with E-state index in [-0.39, 0.29) is 12.2 Å². The van der Waals surface area contributed by atoms with Crippen LogP contribution in [0.3, 0.4) is 0 Å². The van der Waals surface area contributed by atoms with Gasteiger partial charge in [0.1, 0.15) is 5.82 Å². The number of hydrogen-bond donors (Lipinski definition) is 3. The van der Waals surface area contributed by atoms with Crippen LogP contribution < -0.4 is 10.6 Å². The minimum absolute atomic E-state index is 0.0279. The highest BCUT2D eigenvalue weighted by atomic mass is 79.9. The second kappa shape index (κ2) is 5.16. The molecule has 1 aromatic rings. The largest absolute Gasteiger partial charge is 0.481 e. The minimum atomic E-state index is -0.917. The molecule has 3 N–H and O–H groups in total. The third-order valence-corrected chi connectivity index (χ3v) is 3.76. The van der Waals surface area contributed by atoms with Crippen LogP contribution in [0.5, 0.6) is 0 Å². The van der Waals surface area contributed by atoms with Crippen molar-refractivity contribution in [1.29, 1.82) is 0 Å². The quantitative estimate of drug-likeness (QED) is 0.793. The number of halogens is 2. The van der Waals surface area contributed by atoms with Gasteiger partial charge in [0, 0.05) is 11.0 Å². The van der Waals surface area contributed by atoms with Crippen molar-refractivity contribution in [3.63, 3.8) is 0 Å². The lowest BCUT2D eigenvalue weighted by Gasteiger charge is -2.13. The van der Waals surface area contributed by atoms with E-state index in [2.05, 4.69) is 26.6 Å². The smallest absolute Gasteiger partial charge is 0.319 e. The molecule has 0 radical (unpaired) electrons. The van der Waals surface area contributed by atoms with Crippen LogP contribution in [0.15, 0.2) is 22.7 Å². The Morgan fingerprint density at radius 1 is 1.42 bits per heavy atom. The number of carbonyl (C=O) groups is 2. The zero-order valence-corrected chi connectivity index (χ0v) is 11.5. The van der Waals surface area contributed by atoms with Crippen molar-refractivity contribution in [2.75, 3.05) is 11.9 Å². The fraction of sp³-hybridized carbons (Fsp3) is 0.333. The maximum atomic E-state index is 13.5. The third-order valence-electron chi connectivity index (χ3n) is 3.10. The summed E-state index contributed by atoms with van der Waals surface area (Å²) in [6, 6.07) is 3.70. The monoisotopic (exact) mass is 330 g/mol. The Morgan fingerprint density at radius 3 is 2.63 bits per heavy atom. The van der Waals surface area contributed by atoms with Crippen molar-refractivity contribution in [1.82, 2.24) is 5.32 Å². The zero-order valence-electron chi connectivity index (χ0n) is 9.87. The maximum Gasteiger partial charge on any atom is 0.319 e. The van der Waals surface area contributed by atoms with E-state index in [9.17, 15) is 14.0 Å². The molecule has 1 aliphatic rings. The summed E-state index contributed by atoms with van der Waals surface area (Å²) in [7, 11) is 0. The van der Waals surface area contributed by atoms with Crippen LogP contribution in [0.25, 0.3) is 0 Å². The molecule has 0 heterocycles. The predicted molar refractivity (Wildman–Crippen MR) is 70.4 cm³/mol. The molecule has 2 amide bonds. The minimum Gasteiger partial charge on any atom is -0.481 e. The van der Waals surface area contributed by atoms with Gasteiger partial charge in [-0.25, -0.2) is 9.18 Å². The molecular weight excluding hydrogens is 319 g/mol. The lowest BCUT2D eigenvalue weighted by atomic mass is 10.1. The standard InChI is InChI=1S/C12H12BrFN2O3/c13-7-2-1-3-8(14)9(7)16-11(19)15-6-12(4-5-12)10(17)18/h1-3H,4-6H2,(H,17,18)(H2,15,16,19). The number of aliphatic carboxylic acids is 1. The van der Waals surface area contributed by atoms with E-state index < -0.39 is 23.2 Å². The van der Waals surface area contributed by atoms with Gasteiger partial charge in [0.25, 0.3) is 0 Å². The average molecular weight is 331 g/mol. The lowest BCUT2D eigenvalue weighted by molar-refractivity contribution is -0.143. The summed E-state index contributed by atoms with van der Waals surface area (Å²) in [6.07, 6.45) is 1.10. The molecule has 0 aliphatic heterocycles. The van der Waals surface area contributed by atoms with E-state index in [4.69, 9.17) is 5.11 Å². The molecule has 7 heteroatoms. The number of nitrogens with one attached hydrogen (secondary N) is 2. The molecule has 102 valence electrons. The summed E-state index contributed by atoms with van der Waals surface area (Å²) in [5, 5.41) is 13.8. The van der Waals surface area contributed by atoms with Gasteiger partial charge in [-0.15, -0.1) is 0 Å². The van der Waals surface area contributed by atoms with Gasteiger partial charge in [-0.05, 0) is 40.9 Å². The fourth-order valence-corrected chi connectivity index (χ4v) is 2.08. The van der Waals surface area contributed by atoms with E-state index in [0.717, 1.165) is 0 Å². The Labute approximate surface area is 117 Å². The van der Waals surface area contributed by atoms with E-state index in [1.165, 1.54) is 12.1 Å². The molecule has 19 heavy (non-hydrogen) atoms. The highest BCUT2D eigenvalue weighted by Crippen LogP contribution is 2.45. The Morgan fingerprint density at radius 2 is 2.11 bits per heavy atom. The average Bonchev–Trinajstić information content (AvgIpc) is 3.13.